The Morgan fingerprint density at radius 3 is 2.43 bits per heavy atom. The van der Waals surface area contributed by atoms with Crippen molar-refractivity contribution in [2.75, 3.05) is 0 Å². The minimum absolute atomic E-state index is 0.266. The molecule has 1 aliphatic carbocycles. The molecule has 1 fully saturated rings. The van der Waals surface area contributed by atoms with Gasteiger partial charge in [0.15, 0.2) is 0 Å². The van der Waals surface area contributed by atoms with E-state index in [4.69, 9.17) is 18.6 Å². The van der Waals surface area contributed by atoms with E-state index < -0.39 is 17.0 Å². The van der Waals surface area contributed by atoms with Crippen LogP contribution in [0.4, 0.5) is 0 Å². The van der Waals surface area contributed by atoms with Crippen LogP contribution in [0.25, 0.3) is 0 Å². The Morgan fingerprint density at radius 1 is 1.24 bits per heavy atom. The molecular weight excluding hydrogens is 341 g/mol. The molecule has 1 aromatic carbocycles. The first kappa shape index (κ1) is 19.0. The Balaban J connectivity index is 0.000000677. The number of phenolic OH excluding ortho intramolecular Hbond substituents is 1. The summed E-state index contributed by atoms with van der Waals surface area (Å²) in [5.41, 5.74) is 1.97. The summed E-state index contributed by atoms with van der Waals surface area (Å²) >= 11 is -0.556. The summed E-state index contributed by atoms with van der Waals surface area (Å²) in [5.74, 6) is 0.972. The van der Waals surface area contributed by atoms with Gasteiger partial charge in [-0.15, -0.1) is 0 Å². The Kier molecular flexibility index (Phi) is 9.67. The summed E-state index contributed by atoms with van der Waals surface area (Å²) in [4.78, 5) is 4.36. The fourth-order valence-corrected chi connectivity index (χ4v) is 2.66. The van der Waals surface area contributed by atoms with E-state index in [9.17, 15) is 5.11 Å². The average molecular weight is 364 g/mol. The molecule has 21 heavy (non-hydrogen) atoms. The molecule has 0 aromatic heterocycles. The van der Waals surface area contributed by atoms with Gasteiger partial charge < -0.3 is 5.11 Å². The summed E-state index contributed by atoms with van der Waals surface area (Å²) in [6.45, 7) is 4.08. The van der Waals surface area contributed by atoms with Crippen LogP contribution in [0, 0.1) is 0 Å². The fourth-order valence-electron chi connectivity index (χ4n) is 2.66. The molecular formula is C16H23Cl2NOTi. The van der Waals surface area contributed by atoms with Crippen molar-refractivity contribution in [3.8, 4) is 5.75 Å². The summed E-state index contributed by atoms with van der Waals surface area (Å²) < 4.78 is 0. The van der Waals surface area contributed by atoms with Crippen molar-refractivity contribution in [1.82, 2.24) is 0 Å². The van der Waals surface area contributed by atoms with Gasteiger partial charge in [0.05, 0.1) is 0 Å². The van der Waals surface area contributed by atoms with Crippen LogP contribution in [0.3, 0.4) is 0 Å². The molecule has 0 heterocycles. The SMILES string of the molecule is CC(C)N=Cc1cccc(C2CCCCC2)c1O.[Cl][Ti][Cl]. The second-order valence-corrected chi connectivity index (χ2v) is 8.14. The molecule has 0 spiro atoms. The number of nitrogens with zero attached hydrogens (tertiary/aromatic N) is 1. The minimum atomic E-state index is -0.556. The Hall–Kier alpha value is -0.0157. The van der Waals surface area contributed by atoms with Gasteiger partial charge in [-0.2, -0.15) is 0 Å². The van der Waals surface area contributed by atoms with Crippen molar-refractivity contribution in [2.45, 2.75) is 57.9 Å². The second-order valence-electron chi connectivity index (χ2n) is 5.56. The Bertz CT molecular complexity index is 446. The van der Waals surface area contributed by atoms with E-state index in [0.717, 1.165) is 11.1 Å². The molecule has 0 amide bonds. The Morgan fingerprint density at radius 2 is 1.86 bits per heavy atom. The van der Waals surface area contributed by atoms with Crippen molar-refractivity contribution < 1.29 is 22.1 Å². The third-order valence-corrected chi connectivity index (χ3v) is 3.66. The normalized spacial score (nSPS) is 15.9. The molecule has 1 N–H and O–H groups in total. The van der Waals surface area contributed by atoms with Gasteiger partial charge in [-0.3, -0.25) is 4.99 Å². The number of halogens is 2. The van der Waals surface area contributed by atoms with Crippen LogP contribution in [0.5, 0.6) is 5.75 Å². The molecule has 1 aliphatic rings. The van der Waals surface area contributed by atoms with E-state index in [1.807, 2.05) is 26.0 Å². The average Bonchev–Trinajstić information content (AvgIpc) is 2.48. The number of aliphatic imine (C=N–C) groups is 1. The predicted molar refractivity (Wildman–Crippen MR) is 88.4 cm³/mol. The van der Waals surface area contributed by atoms with E-state index in [0.29, 0.717) is 11.7 Å². The van der Waals surface area contributed by atoms with Gasteiger partial charge in [0, 0.05) is 17.8 Å². The third kappa shape index (κ3) is 6.73. The van der Waals surface area contributed by atoms with E-state index in [1.165, 1.54) is 32.1 Å². The molecule has 0 aliphatic heterocycles. The van der Waals surface area contributed by atoms with Crippen molar-refractivity contribution in [3.63, 3.8) is 0 Å². The first-order valence-electron chi connectivity index (χ1n) is 7.41. The van der Waals surface area contributed by atoms with Gasteiger partial charge in [-0.1, -0.05) is 31.4 Å². The predicted octanol–water partition coefficient (Wildman–Crippen LogP) is 5.64. The van der Waals surface area contributed by atoms with Crippen molar-refractivity contribution in [2.24, 2.45) is 4.99 Å². The van der Waals surface area contributed by atoms with Crippen LogP contribution in [0.1, 0.15) is 63.0 Å². The van der Waals surface area contributed by atoms with Crippen LogP contribution in [0.2, 0.25) is 0 Å². The molecule has 5 heteroatoms. The van der Waals surface area contributed by atoms with E-state index in [-0.39, 0.29) is 6.04 Å². The van der Waals surface area contributed by atoms with Crippen LogP contribution in [-0.4, -0.2) is 17.4 Å². The summed E-state index contributed by atoms with van der Waals surface area (Å²) in [7, 11) is 9.78. The zero-order chi connectivity index (χ0) is 15.7. The zero-order valence-corrected chi connectivity index (χ0v) is 15.7. The maximum absolute atomic E-state index is 10.4. The maximum atomic E-state index is 10.4. The number of rotatable bonds is 3. The topological polar surface area (TPSA) is 32.6 Å². The molecule has 116 valence electrons. The number of hydrogen-bond acceptors (Lipinski definition) is 2. The van der Waals surface area contributed by atoms with Crippen molar-refractivity contribution in [3.05, 3.63) is 29.3 Å². The van der Waals surface area contributed by atoms with Crippen LogP contribution in [-0.2, 0) is 17.0 Å². The summed E-state index contributed by atoms with van der Waals surface area (Å²) in [5, 5.41) is 10.4. The van der Waals surface area contributed by atoms with Crippen molar-refractivity contribution >= 4 is 24.8 Å². The monoisotopic (exact) mass is 363 g/mol. The van der Waals surface area contributed by atoms with Crippen LogP contribution in [0.15, 0.2) is 23.2 Å². The number of aromatic hydroxyl groups is 1. The first-order chi connectivity index (χ1) is 10.1. The molecule has 1 aromatic rings. The number of phenols is 1. The molecule has 0 atom stereocenters. The standard InChI is InChI=1S/C16H23NO.2ClH.Ti/c1-12(2)17-11-14-9-6-10-15(16(14)18)13-7-4-3-5-8-13;;;/h6,9-13,18H,3-5,7-8H2,1-2H3;2*1H;/q;;;+2/p-2. The fraction of sp³-hybridized carbons (Fsp3) is 0.562. The molecule has 0 unspecified atom stereocenters. The Labute approximate surface area is 144 Å². The van der Waals surface area contributed by atoms with E-state index >= 15 is 0 Å². The summed E-state index contributed by atoms with van der Waals surface area (Å²) in [6, 6.07) is 6.31. The van der Waals surface area contributed by atoms with E-state index in [1.54, 1.807) is 6.21 Å². The van der Waals surface area contributed by atoms with Gasteiger partial charge >= 0.3 is 35.6 Å². The quantitative estimate of drug-likeness (QED) is 0.546. The molecule has 0 radical (unpaired) electrons. The van der Waals surface area contributed by atoms with Crippen LogP contribution >= 0.6 is 18.6 Å². The van der Waals surface area contributed by atoms with Gasteiger partial charge in [0.1, 0.15) is 5.75 Å². The number of para-hydroxylation sites is 1. The van der Waals surface area contributed by atoms with Gasteiger partial charge in [0.2, 0.25) is 0 Å². The molecule has 2 rings (SSSR count). The molecule has 0 bridgehead atoms. The number of benzene rings is 1. The molecule has 2 nitrogen and oxygen atoms in total. The number of hydrogen-bond donors (Lipinski definition) is 1. The van der Waals surface area contributed by atoms with Gasteiger partial charge in [-0.05, 0) is 44.2 Å². The first-order valence-corrected chi connectivity index (χ1v) is 11.7. The van der Waals surface area contributed by atoms with Gasteiger partial charge in [0.25, 0.3) is 0 Å². The third-order valence-electron chi connectivity index (χ3n) is 3.66. The molecule has 0 saturated heterocycles. The second kappa shape index (κ2) is 10.7. The molecule has 1 saturated carbocycles. The van der Waals surface area contributed by atoms with Crippen molar-refractivity contribution in [1.29, 1.82) is 0 Å². The van der Waals surface area contributed by atoms with E-state index in [2.05, 4.69) is 11.1 Å². The van der Waals surface area contributed by atoms with Gasteiger partial charge in [-0.25, -0.2) is 0 Å². The van der Waals surface area contributed by atoms with Crippen LogP contribution < -0.4 is 0 Å². The zero-order valence-electron chi connectivity index (χ0n) is 12.6. The summed E-state index contributed by atoms with van der Waals surface area (Å²) in [6.07, 6.45) is 8.12.